The number of nitrogens with two attached hydrogens (primary N) is 1. The number of esters is 1. The molecule has 0 saturated heterocycles. The predicted octanol–water partition coefficient (Wildman–Crippen LogP) is 3.39. The molecule has 0 aromatic rings. The van der Waals surface area contributed by atoms with Gasteiger partial charge in [0.15, 0.2) is 0 Å². The van der Waals surface area contributed by atoms with Crippen LogP contribution in [0.5, 0.6) is 0 Å². The van der Waals surface area contributed by atoms with E-state index < -0.39 is 0 Å². The van der Waals surface area contributed by atoms with Crippen molar-refractivity contribution in [1.82, 2.24) is 5.32 Å². The Bertz CT molecular complexity index is 223. The third-order valence-electron chi connectivity index (χ3n) is 3.63. The second-order valence-electron chi connectivity index (χ2n) is 5.71. The van der Waals surface area contributed by atoms with Crippen LogP contribution in [0.4, 0.5) is 0 Å². The van der Waals surface area contributed by atoms with Gasteiger partial charge >= 0.3 is 5.97 Å². The number of carbonyl (C=O) groups excluding carboxylic acids is 1. The highest BCUT2D eigenvalue weighted by atomic mass is 16.5. The Kier molecular flexibility index (Phi) is 16.9. The topological polar surface area (TPSA) is 64.3 Å². The molecule has 0 saturated carbocycles. The molecule has 4 heteroatoms. The molecule has 0 fully saturated rings. The van der Waals surface area contributed by atoms with Crippen molar-refractivity contribution in [3.8, 4) is 0 Å². The first-order valence-electron chi connectivity index (χ1n) is 8.87. The van der Waals surface area contributed by atoms with Crippen molar-refractivity contribution >= 4 is 5.97 Å². The Balaban J connectivity index is 2.98. The highest BCUT2D eigenvalue weighted by Crippen LogP contribution is 2.10. The van der Waals surface area contributed by atoms with Crippen LogP contribution < -0.4 is 11.1 Å². The molecular weight excluding hydrogens is 264 g/mol. The average molecular weight is 300 g/mol. The summed E-state index contributed by atoms with van der Waals surface area (Å²) in [5, 5.41) is 3.38. The van der Waals surface area contributed by atoms with E-state index in [2.05, 4.69) is 12.2 Å². The summed E-state index contributed by atoms with van der Waals surface area (Å²) >= 11 is 0. The Morgan fingerprint density at radius 2 is 1.38 bits per heavy atom. The first-order valence-corrected chi connectivity index (χ1v) is 8.87. The molecule has 0 heterocycles. The molecule has 126 valence electrons. The maximum absolute atomic E-state index is 10.8. The van der Waals surface area contributed by atoms with Crippen LogP contribution in [0.2, 0.25) is 0 Å². The van der Waals surface area contributed by atoms with E-state index in [1.54, 1.807) is 0 Å². The lowest BCUT2D eigenvalue weighted by Gasteiger charge is -2.06. The van der Waals surface area contributed by atoms with Crippen LogP contribution in [0.15, 0.2) is 0 Å². The zero-order valence-corrected chi connectivity index (χ0v) is 14.0. The van der Waals surface area contributed by atoms with Crippen LogP contribution in [0.1, 0.15) is 77.6 Å². The number of carbonyl (C=O) groups is 1. The van der Waals surface area contributed by atoms with Gasteiger partial charge in [0.2, 0.25) is 0 Å². The van der Waals surface area contributed by atoms with E-state index in [-0.39, 0.29) is 12.5 Å². The lowest BCUT2D eigenvalue weighted by atomic mass is 10.1. The van der Waals surface area contributed by atoms with Gasteiger partial charge in [0.1, 0.15) is 0 Å². The van der Waals surface area contributed by atoms with E-state index in [0.717, 1.165) is 19.5 Å². The van der Waals surface area contributed by atoms with Crippen LogP contribution in [0.25, 0.3) is 0 Å². The Hall–Kier alpha value is -0.610. The van der Waals surface area contributed by atoms with Gasteiger partial charge in [0.25, 0.3) is 0 Å². The summed E-state index contributed by atoms with van der Waals surface area (Å²) in [6.07, 6.45) is 14.6. The smallest absolute Gasteiger partial charge is 0.319 e. The standard InChI is InChI=1S/C17H36N2O2/c1-2-3-4-5-6-7-8-9-10-11-13-19-14-12-15-21-17(20)16-18/h19H,2-16,18H2,1H3. The van der Waals surface area contributed by atoms with Gasteiger partial charge in [-0.2, -0.15) is 0 Å². The van der Waals surface area contributed by atoms with Gasteiger partial charge in [0, 0.05) is 0 Å². The normalized spacial score (nSPS) is 10.8. The minimum atomic E-state index is -0.315. The van der Waals surface area contributed by atoms with E-state index in [1.165, 1.54) is 64.2 Å². The fourth-order valence-corrected chi connectivity index (χ4v) is 2.30. The maximum atomic E-state index is 10.8. The fourth-order valence-electron chi connectivity index (χ4n) is 2.30. The molecule has 0 bridgehead atoms. The van der Waals surface area contributed by atoms with Crippen molar-refractivity contribution in [3.05, 3.63) is 0 Å². The van der Waals surface area contributed by atoms with E-state index in [9.17, 15) is 4.79 Å². The number of rotatable bonds is 16. The second-order valence-corrected chi connectivity index (χ2v) is 5.71. The SMILES string of the molecule is CCCCCCCCCCCCNCCCOC(=O)CN. The Morgan fingerprint density at radius 3 is 1.95 bits per heavy atom. The number of unbranched alkanes of at least 4 members (excludes halogenated alkanes) is 9. The number of nitrogens with one attached hydrogen (secondary N) is 1. The van der Waals surface area contributed by atoms with Gasteiger partial charge in [-0.25, -0.2) is 0 Å². The van der Waals surface area contributed by atoms with Gasteiger partial charge < -0.3 is 15.8 Å². The molecule has 0 aromatic heterocycles. The van der Waals surface area contributed by atoms with Gasteiger partial charge in [-0.1, -0.05) is 64.7 Å². The molecule has 21 heavy (non-hydrogen) atoms. The second kappa shape index (κ2) is 17.4. The van der Waals surface area contributed by atoms with Crippen LogP contribution in [0.3, 0.4) is 0 Å². The van der Waals surface area contributed by atoms with E-state index in [0.29, 0.717) is 6.61 Å². The van der Waals surface area contributed by atoms with Crippen molar-refractivity contribution < 1.29 is 9.53 Å². The molecule has 0 unspecified atom stereocenters. The largest absolute Gasteiger partial charge is 0.465 e. The molecule has 0 aliphatic heterocycles. The van der Waals surface area contributed by atoms with Gasteiger partial charge in [-0.15, -0.1) is 0 Å². The first kappa shape index (κ1) is 20.4. The molecule has 0 spiro atoms. The summed E-state index contributed by atoms with van der Waals surface area (Å²) in [5.41, 5.74) is 5.14. The Morgan fingerprint density at radius 1 is 0.857 bits per heavy atom. The molecule has 0 atom stereocenters. The molecule has 0 aliphatic carbocycles. The van der Waals surface area contributed by atoms with Crippen LogP contribution in [0, 0.1) is 0 Å². The summed E-state index contributed by atoms with van der Waals surface area (Å²) in [6, 6.07) is 0. The summed E-state index contributed by atoms with van der Waals surface area (Å²) < 4.78 is 4.89. The third kappa shape index (κ3) is 17.3. The number of hydrogen-bond acceptors (Lipinski definition) is 4. The van der Waals surface area contributed by atoms with Crippen molar-refractivity contribution in [1.29, 1.82) is 0 Å². The Labute approximate surface area is 131 Å². The molecule has 0 amide bonds. The van der Waals surface area contributed by atoms with Crippen LogP contribution in [-0.4, -0.2) is 32.2 Å². The van der Waals surface area contributed by atoms with Gasteiger partial charge in [0.05, 0.1) is 13.2 Å². The van der Waals surface area contributed by atoms with Gasteiger partial charge in [-0.05, 0) is 25.9 Å². The zero-order valence-electron chi connectivity index (χ0n) is 14.0. The highest BCUT2D eigenvalue weighted by Gasteiger charge is 1.97. The molecule has 4 nitrogen and oxygen atoms in total. The molecule has 0 radical (unpaired) electrons. The van der Waals surface area contributed by atoms with Crippen molar-refractivity contribution in [2.75, 3.05) is 26.2 Å². The summed E-state index contributed by atoms with van der Waals surface area (Å²) in [4.78, 5) is 10.8. The maximum Gasteiger partial charge on any atom is 0.319 e. The van der Waals surface area contributed by atoms with Crippen molar-refractivity contribution in [3.63, 3.8) is 0 Å². The van der Waals surface area contributed by atoms with E-state index >= 15 is 0 Å². The molecule has 0 aromatic carbocycles. The minimum absolute atomic E-state index is 0.0218. The number of ether oxygens (including phenoxy) is 1. The average Bonchev–Trinajstić information content (AvgIpc) is 2.50. The quantitative estimate of drug-likeness (QED) is 0.339. The van der Waals surface area contributed by atoms with E-state index in [1.807, 2.05) is 0 Å². The summed E-state index contributed by atoms with van der Waals surface area (Å²) in [5.74, 6) is -0.315. The van der Waals surface area contributed by atoms with Gasteiger partial charge in [-0.3, -0.25) is 4.79 Å². The highest BCUT2D eigenvalue weighted by molar-refractivity contribution is 5.71. The summed E-state index contributed by atoms with van der Waals surface area (Å²) in [7, 11) is 0. The molecule has 0 aliphatic rings. The lowest BCUT2D eigenvalue weighted by Crippen LogP contribution is -2.21. The predicted molar refractivity (Wildman–Crippen MR) is 89.3 cm³/mol. The fraction of sp³-hybridized carbons (Fsp3) is 0.941. The van der Waals surface area contributed by atoms with E-state index in [4.69, 9.17) is 10.5 Å². The lowest BCUT2D eigenvalue weighted by molar-refractivity contribution is -0.141. The monoisotopic (exact) mass is 300 g/mol. The van der Waals surface area contributed by atoms with Crippen molar-refractivity contribution in [2.45, 2.75) is 77.6 Å². The van der Waals surface area contributed by atoms with Crippen LogP contribution >= 0.6 is 0 Å². The summed E-state index contributed by atoms with van der Waals surface area (Å²) in [6.45, 7) is 4.70. The third-order valence-corrected chi connectivity index (χ3v) is 3.63. The molecule has 3 N–H and O–H groups in total. The molecule has 0 rings (SSSR count). The van der Waals surface area contributed by atoms with Crippen LogP contribution in [-0.2, 0) is 9.53 Å². The minimum Gasteiger partial charge on any atom is -0.465 e. The molecular formula is C17H36N2O2. The first-order chi connectivity index (χ1) is 10.3. The van der Waals surface area contributed by atoms with Crippen molar-refractivity contribution in [2.24, 2.45) is 5.73 Å². The number of hydrogen-bond donors (Lipinski definition) is 2. The zero-order chi connectivity index (χ0) is 15.6.